The van der Waals surface area contributed by atoms with Crippen molar-refractivity contribution in [1.29, 1.82) is 0 Å². The Morgan fingerprint density at radius 1 is 1.18 bits per heavy atom. The number of rotatable bonds is 5. The fraction of sp³-hybridized carbons (Fsp3) is 0.333. The smallest absolute Gasteiger partial charge is 0.227 e. The Balaban J connectivity index is 1.68. The third-order valence-electron chi connectivity index (χ3n) is 5.25. The molecule has 0 unspecified atom stereocenters. The molecule has 1 aromatic carbocycles. The number of anilines is 1. The maximum Gasteiger partial charge on any atom is 0.227 e. The molecule has 1 aliphatic heterocycles. The molecule has 0 bridgehead atoms. The first-order chi connectivity index (χ1) is 13.6. The van der Waals surface area contributed by atoms with Crippen LogP contribution in [0.4, 0.5) is 5.95 Å². The lowest BCUT2D eigenvalue weighted by Gasteiger charge is -2.31. The first kappa shape index (κ1) is 18.2. The minimum atomic E-state index is -0.211. The molecule has 1 fully saturated rings. The molecule has 7 heteroatoms. The van der Waals surface area contributed by atoms with E-state index in [9.17, 15) is 4.79 Å². The van der Waals surface area contributed by atoms with Crippen LogP contribution in [-0.4, -0.2) is 38.7 Å². The number of nitrogens with two attached hydrogens (primary N) is 1. The molecule has 1 amide bonds. The summed E-state index contributed by atoms with van der Waals surface area (Å²) in [7, 11) is 0. The number of pyridine rings is 1. The zero-order valence-electron chi connectivity index (χ0n) is 16.0. The summed E-state index contributed by atoms with van der Waals surface area (Å²) in [6, 6.07) is 12.3. The molecule has 3 heterocycles. The molecule has 2 N–H and O–H groups in total. The molecule has 0 aliphatic carbocycles. The number of hydrogen-bond acceptors (Lipinski definition) is 5. The lowest BCUT2D eigenvalue weighted by Crippen LogP contribution is -2.39. The molecular formula is C21H24N6O. The Morgan fingerprint density at radius 3 is 2.68 bits per heavy atom. The summed E-state index contributed by atoms with van der Waals surface area (Å²) >= 11 is 0. The minimum absolute atomic E-state index is 0.0535. The largest absolute Gasteiger partial charge is 0.369 e. The molecule has 1 saturated heterocycles. The number of piperidine rings is 1. The van der Waals surface area contributed by atoms with Crippen LogP contribution < -0.4 is 10.6 Å². The van der Waals surface area contributed by atoms with E-state index in [4.69, 9.17) is 5.73 Å². The first-order valence-corrected chi connectivity index (χ1v) is 9.55. The number of benzene rings is 1. The Kier molecular flexibility index (Phi) is 5.06. The van der Waals surface area contributed by atoms with Gasteiger partial charge in [0.1, 0.15) is 0 Å². The second kappa shape index (κ2) is 7.80. The van der Waals surface area contributed by atoms with Gasteiger partial charge in [0, 0.05) is 37.0 Å². The number of carbonyl (C=O) groups is 1. The van der Waals surface area contributed by atoms with Gasteiger partial charge in [-0.2, -0.15) is 0 Å². The molecule has 0 spiro atoms. The standard InChI is InChI=1S/C21H24N6O/c1-15-4-2-5-16(12-15)14-27-20(18-6-3-9-23-13-18)24-25-21(27)26-10-7-17(8-11-26)19(22)28/h2-6,9,12-13,17H,7-8,10-11,14H2,1H3,(H2,22,28). The predicted octanol–water partition coefficient (Wildman–Crippen LogP) is 2.40. The van der Waals surface area contributed by atoms with Crippen LogP contribution in [0.2, 0.25) is 0 Å². The van der Waals surface area contributed by atoms with Crippen molar-refractivity contribution < 1.29 is 4.79 Å². The highest BCUT2D eigenvalue weighted by atomic mass is 16.1. The predicted molar refractivity (Wildman–Crippen MR) is 108 cm³/mol. The topological polar surface area (TPSA) is 89.9 Å². The fourth-order valence-corrected chi connectivity index (χ4v) is 3.74. The van der Waals surface area contributed by atoms with E-state index < -0.39 is 0 Å². The molecule has 28 heavy (non-hydrogen) atoms. The van der Waals surface area contributed by atoms with Crippen molar-refractivity contribution in [2.75, 3.05) is 18.0 Å². The van der Waals surface area contributed by atoms with Gasteiger partial charge >= 0.3 is 0 Å². The maximum absolute atomic E-state index is 11.5. The van der Waals surface area contributed by atoms with Crippen LogP contribution >= 0.6 is 0 Å². The molecule has 144 valence electrons. The van der Waals surface area contributed by atoms with Crippen molar-refractivity contribution in [2.24, 2.45) is 11.7 Å². The van der Waals surface area contributed by atoms with E-state index in [0.717, 1.165) is 43.3 Å². The van der Waals surface area contributed by atoms with Crippen LogP contribution in [0.5, 0.6) is 0 Å². The normalized spacial score (nSPS) is 15.0. The Bertz CT molecular complexity index is 960. The number of primary amides is 1. The van der Waals surface area contributed by atoms with Gasteiger partial charge in [0.05, 0.1) is 6.54 Å². The van der Waals surface area contributed by atoms with Gasteiger partial charge in [-0.15, -0.1) is 10.2 Å². The molecule has 2 aromatic heterocycles. The molecule has 3 aromatic rings. The Labute approximate surface area is 164 Å². The summed E-state index contributed by atoms with van der Waals surface area (Å²) in [6.07, 6.45) is 5.05. The molecule has 0 atom stereocenters. The van der Waals surface area contributed by atoms with E-state index in [-0.39, 0.29) is 11.8 Å². The molecule has 7 nitrogen and oxygen atoms in total. The van der Waals surface area contributed by atoms with Gasteiger partial charge in [0.25, 0.3) is 0 Å². The van der Waals surface area contributed by atoms with Crippen LogP contribution in [0.15, 0.2) is 48.8 Å². The average molecular weight is 376 g/mol. The van der Waals surface area contributed by atoms with Crippen LogP contribution in [0.1, 0.15) is 24.0 Å². The van der Waals surface area contributed by atoms with Crippen LogP contribution in [0.3, 0.4) is 0 Å². The van der Waals surface area contributed by atoms with Crippen molar-refractivity contribution in [3.63, 3.8) is 0 Å². The van der Waals surface area contributed by atoms with Gasteiger partial charge in [-0.3, -0.25) is 14.3 Å². The van der Waals surface area contributed by atoms with Crippen LogP contribution in [-0.2, 0) is 11.3 Å². The van der Waals surface area contributed by atoms with Crippen LogP contribution in [0.25, 0.3) is 11.4 Å². The van der Waals surface area contributed by atoms with E-state index in [0.29, 0.717) is 6.54 Å². The van der Waals surface area contributed by atoms with Crippen molar-refractivity contribution in [1.82, 2.24) is 19.7 Å². The Morgan fingerprint density at radius 2 is 2.00 bits per heavy atom. The number of hydrogen-bond donors (Lipinski definition) is 1. The van der Waals surface area contributed by atoms with E-state index in [2.05, 4.69) is 55.8 Å². The molecule has 0 saturated carbocycles. The fourth-order valence-electron chi connectivity index (χ4n) is 3.74. The summed E-state index contributed by atoms with van der Waals surface area (Å²) < 4.78 is 2.14. The third-order valence-corrected chi connectivity index (χ3v) is 5.25. The highest BCUT2D eigenvalue weighted by Crippen LogP contribution is 2.27. The molecule has 1 aliphatic rings. The van der Waals surface area contributed by atoms with E-state index >= 15 is 0 Å². The number of carbonyl (C=O) groups excluding carboxylic acids is 1. The summed E-state index contributed by atoms with van der Waals surface area (Å²) in [5, 5.41) is 8.97. The second-order valence-electron chi connectivity index (χ2n) is 7.30. The van der Waals surface area contributed by atoms with Crippen LogP contribution in [0, 0.1) is 12.8 Å². The molecular weight excluding hydrogens is 352 g/mol. The number of aryl methyl sites for hydroxylation is 1. The van der Waals surface area contributed by atoms with Crippen molar-refractivity contribution in [3.05, 3.63) is 59.9 Å². The van der Waals surface area contributed by atoms with Gasteiger partial charge in [-0.1, -0.05) is 29.8 Å². The lowest BCUT2D eigenvalue weighted by atomic mass is 9.96. The quantitative estimate of drug-likeness (QED) is 0.738. The van der Waals surface area contributed by atoms with E-state index in [1.165, 1.54) is 11.1 Å². The molecule has 4 rings (SSSR count). The van der Waals surface area contributed by atoms with Gasteiger partial charge in [-0.25, -0.2) is 0 Å². The SMILES string of the molecule is Cc1cccc(Cn2c(-c3cccnc3)nnc2N2CCC(C(N)=O)CC2)c1. The maximum atomic E-state index is 11.5. The van der Waals surface area contributed by atoms with Gasteiger partial charge < -0.3 is 10.6 Å². The van der Waals surface area contributed by atoms with Crippen molar-refractivity contribution >= 4 is 11.9 Å². The summed E-state index contributed by atoms with van der Waals surface area (Å²) in [4.78, 5) is 17.9. The zero-order chi connectivity index (χ0) is 19.5. The monoisotopic (exact) mass is 376 g/mol. The first-order valence-electron chi connectivity index (χ1n) is 9.55. The van der Waals surface area contributed by atoms with Gasteiger partial charge in [0.2, 0.25) is 11.9 Å². The average Bonchev–Trinajstić information content (AvgIpc) is 3.12. The van der Waals surface area contributed by atoms with Crippen molar-refractivity contribution in [3.8, 4) is 11.4 Å². The van der Waals surface area contributed by atoms with Gasteiger partial charge in [0.15, 0.2) is 5.82 Å². The highest BCUT2D eigenvalue weighted by Gasteiger charge is 2.27. The zero-order valence-corrected chi connectivity index (χ0v) is 16.0. The van der Waals surface area contributed by atoms with E-state index in [1.807, 2.05) is 12.1 Å². The highest BCUT2D eigenvalue weighted by molar-refractivity contribution is 5.77. The number of amides is 1. The summed E-state index contributed by atoms with van der Waals surface area (Å²) in [5.74, 6) is 1.35. The summed E-state index contributed by atoms with van der Waals surface area (Å²) in [5.41, 5.74) is 8.82. The molecule has 0 radical (unpaired) electrons. The van der Waals surface area contributed by atoms with E-state index in [1.54, 1.807) is 12.4 Å². The number of nitrogens with zero attached hydrogens (tertiary/aromatic N) is 5. The third kappa shape index (κ3) is 3.74. The minimum Gasteiger partial charge on any atom is -0.369 e. The second-order valence-corrected chi connectivity index (χ2v) is 7.30. The lowest BCUT2D eigenvalue weighted by molar-refractivity contribution is -0.122. The van der Waals surface area contributed by atoms with Crippen molar-refractivity contribution in [2.45, 2.75) is 26.3 Å². The summed E-state index contributed by atoms with van der Waals surface area (Å²) in [6.45, 7) is 4.25. The number of aromatic nitrogens is 4. The Hall–Kier alpha value is -3.22. The van der Waals surface area contributed by atoms with Gasteiger partial charge in [-0.05, 0) is 37.5 Å².